The highest BCUT2D eigenvalue weighted by Crippen LogP contribution is 2.25. The smallest absolute Gasteiger partial charge is 0.310 e. The van der Waals surface area contributed by atoms with E-state index in [9.17, 15) is 10.2 Å². The monoisotopic (exact) mass is 272 g/mol. The zero-order valence-electron chi connectivity index (χ0n) is 12.5. The van der Waals surface area contributed by atoms with Crippen LogP contribution in [0.25, 0.3) is 10.8 Å². The van der Waals surface area contributed by atoms with Gasteiger partial charge in [-0.25, -0.2) is 0 Å². The van der Waals surface area contributed by atoms with Gasteiger partial charge in [-0.2, -0.15) is 0 Å². The number of fused-ring (bicyclic) bond motifs is 1. The SMILES string of the molecule is CC(C)(O)C(C)(C)OBc1cc(O)cc2ccccc12. The molecule has 0 unspecified atom stereocenters. The molecule has 0 aliphatic rings. The van der Waals surface area contributed by atoms with Crippen LogP contribution in [-0.4, -0.2) is 28.9 Å². The maximum Gasteiger partial charge on any atom is 0.310 e. The summed E-state index contributed by atoms with van der Waals surface area (Å²) in [6, 6.07) is 11.3. The van der Waals surface area contributed by atoms with E-state index in [2.05, 4.69) is 0 Å². The minimum Gasteiger partial charge on any atom is -0.508 e. The van der Waals surface area contributed by atoms with Crippen LogP contribution >= 0.6 is 0 Å². The van der Waals surface area contributed by atoms with Crippen molar-refractivity contribution in [3.05, 3.63) is 36.4 Å². The Balaban J connectivity index is 2.31. The summed E-state index contributed by atoms with van der Waals surface area (Å²) in [5.74, 6) is 0.225. The Morgan fingerprint density at radius 2 is 1.70 bits per heavy atom. The fourth-order valence-corrected chi connectivity index (χ4v) is 1.93. The first-order valence-corrected chi connectivity index (χ1v) is 6.78. The summed E-state index contributed by atoms with van der Waals surface area (Å²) < 4.78 is 5.88. The molecule has 2 aromatic carbocycles. The van der Waals surface area contributed by atoms with Gasteiger partial charge in [0.25, 0.3) is 0 Å². The van der Waals surface area contributed by atoms with Crippen LogP contribution in [0.15, 0.2) is 36.4 Å². The van der Waals surface area contributed by atoms with Crippen molar-refractivity contribution in [3.8, 4) is 5.75 Å². The van der Waals surface area contributed by atoms with Gasteiger partial charge in [-0.1, -0.05) is 24.3 Å². The number of phenols is 1. The third kappa shape index (κ3) is 2.97. The molecular weight excluding hydrogens is 251 g/mol. The highest BCUT2D eigenvalue weighted by atomic mass is 16.5. The van der Waals surface area contributed by atoms with E-state index >= 15 is 0 Å². The quantitative estimate of drug-likeness (QED) is 0.838. The van der Waals surface area contributed by atoms with Crippen LogP contribution in [0.1, 0.15) is 27.7 Å². The minimum atomic E-state index is -0.945. The Labute approximate surface area is 120 Å². The topological polar surface area (TPSA) is 49.7 Å². The molecule has 0 bridgehead atoms. The number of aliphatic hydroxyl groups is 1. The van der Waals surface area contributed by atoms with Crippen LogP contribution in [0, 0.1) is 0 Å². The predicted octanol–water partition coefficient (Wildman–Crippen LogP) is 2.09. The maximum atomic E-state index is 10.1. The average molecular weight is 272 g/mol. The molecule has 0 fully saturated rings. The summed E-state index contributed by atoms with van der Waals surface area (Å²) in [5, 5.41) is 21.9. The molecular formula is C16H21BO3. The largest absolute Gasteiger partial charge is 0.508 e. The van der Waals surface area contributed by atoms with Crippen molar-refractivity contribution in [2.75, 3.05) is 0 Å². The van der Waals surface area contributed by atoms with Gasteiger partial charge in [-0.15, -0.1) is 0 Å². The Bertz CT molecular complexity index is 615. The molecule has 0 radical (unpaired) electrons. The van der Waals surface area contributed by atoms with Crippen molar-refractivity contribution in [1.29, 1.82) is 0 Å². The standard InChI is InChI=1S/C16H21BO3/c1-15(2,19)16(3,4)20-17-14-10-12(18)9-11-7-5-6-8-13(11)14/h5-10,17-19H,1-4H3. The second kappa shape index (κ2) is 5.11. The van der Waals surface area contributed by atoms with E-state index in [4.69, 9.17) is 4.65 Å². The second-order valence-electron chi connectivity index (χ2n) is 6.18. The molecule has 0 spiro atoms. The van der Waals surface area contributed by atoms with E-state index in [-0.39, 0.29) is 5.75 Å². The number of rotatable bonds is 4. The molecule has 2 N–H and O–H groups in total. The fraction of sp³-hybridized carbons (Fsp3) is 0.375. The molecule has 106 valence electrons. The molecule has 3 nitrogen and oxygen atoms in total. The first kappa shape index (κ1) is 14.9. The van der Waals surface area contributed by atoms with Gasteiger partial charge in [0.1, 0.15) is 5.75 Å². The van der Waals surface area contributed by atoms with E-state index in [1.807, 2.05) is 38.1 Å². The van der Waals surface area contributed by atoms with Crippen LogP contribution in [0.4, 0.5) is 0 Å². The Morgan fingerprint density at radius 1 is 1.05 bits per heavy atom. The number of hydrogen-bond acceptors (Lipinski definition) is 3. The van der Waals surface area contributed by atoms with Gasteiger partial charge < -0.3 is 14.9 Å². The highest BCUT2D eigenvalue weighted by Gasteiger charge is 2.35. The van der Waals surface area contributed by atoms with Crippen LogP contribution in [0.2, 0.25) is 0 Å². The average Bonchev–Trinajstić information content (AvgIpc) is 2.34. The van der Waals surface area contributed by atoms with Crippen molar-refractivity contribution in [3.63, 3.8) is 0 Å². The molecule has 0 aliphatic carbocycles. The Hall–Kier alpha value is -1.52. The van der Waals surface area contributed by atoms with E-state index in [1.165, 1.54) is 0 Å². The lowest BCUT2D eigenvalue weighted by atomic mass is 9.80. The lowest BCUT2D eigenvalue weighted by Crippen LogP contribution is -2.49. The minimum absolute atomic E-state index is 0.225. The Morgan fingerprint density at radius 3 is 2.35 bits per heavy atom. The van der Waals surface area contributed by atoms with Crippen molar-refractivity contribution in [2.45, 2.75) is 38.9 Å². The van der Waals surface area contributed by atoms with Crippen molar-refractivity contribution in [2.24, 2.45) is 0 Å². The normalized spacial score (nSPS) is 12.7. The molecule has 0 aliphatic heterocycles. The second-order valence-corrected chi connectivity index (χ2v) is 6.18. The molecule has 0 heterocycles. The summed E-state index contributed by atoms with van der Waals surface area (Å²) in [6.45, 7) is 7.18. The number of phenolic OH excluding ortho intramolecular Hbond substituents is 1. The first-order chi connectivity index (χ1) is 9.21. The predicted molar refractivity (Wildman–Crippen MR) is 83.9 cm³/mol. The summed E-state index contributed by atoms with van der Waals surface area (Å²) in [7, 11) is 0.339. The van der Waals surface area contributed by atoms with E-state index in [0.717, 1.165) is 16.2 Å². The highest BCUT2D eigenvalue weighted by molar-refractivity contribution is 6.51. The van der Waals surface area contributed by atoms with E-state index in [1.54, 1.807) is 26.0 Å². The zero-order valence-corrected chi connectivity index (χ0v) is 12.5. The molecule has 4 heteroatoms. The Kier molecular flexibility index (Phi) is 3.81. The summed E-state index contributed by atoms with van der Waals surface area (Å²) in [4.78, 5) is 0. The maximum absolute atomic E-state index is 10.1. The summed E-state index contributed by atoms with van der Waals surface area (Å²) in [5.41, 5.74) is -0.711. The third-order valence-electron chi connectivity index (χ3n) is 3.99. The number of aromatic hydroxyl groups is 1. The zero-order chi connectivity index (χ0) is 15.0. The van der Waals surface area contributed by atoms with Crippen LogP contribution < -0.4 is 5.46 Å². The molecule has 0 amide bonds. The fourth-order valence-electron chi connectivity index (χ4n) is 1.93. The lowest BCUT2D eigenvalue weighted by molar-refractivity contribution is -0.0893. The molecule has 20 heavy (non-hydrogen) atoms. The van der Waals surface area contributed by atoms with E-state index in [0.29, 0.717) is 7.48 Å². The molecule has 0 saturated heterocycles. The van der Waals surface area contributed by atoms with Crippen LogP contribution in [-0.2, 0) is 4.65 Å². The lowest BCUT2D eigenvalue weighted by Gasteiger charge is -2.37. The molecule has 0 saturated carbocycles. The van der Waals surface area contributed by atoms with Gasteiger partial charge in [0.05, 0.1) is 11.2 Å². The van der Waals surface area contributed by atoms with Crippen molar-refractivity contribution in [1.82, 2.24) is 0 Å². The van der Waals surface area contributed by atoms with Crippen LogP contribution in [0.5, 0.6) is 5.75 Å². The van der Waals surface area contributed by atoms with Gasteiger partial charge in [-0.3, -0.25) is 0 Å². The molecule has 0 atom stereocenters. The third-order valence-corrected chi connectivity index (χ3v) is 3.99. The number of benzene rings is 2. The van der Waals surface area contributed by atoms with Gasteiger partial charge in [0.2, 0.25) is 0 Å². The van der Waals surface area contributed by atoms with Gasteiger partial charge in [0, 0.05) is 0 Å². The van der Waals surface area contributed by atoms with Gasteiger partial charge in [0.15, 0.2) is 0 Å². The first-order valence-electron chi connectivity index (χ1n) is 6.78. The van der Waals surface area contributed by atoms with Crippen molar-refractivity contribution >= 4 is 23.7 Å². The van der Waals surface area contributed by atoms with Gasteiger partial charge >= 0.3 is 7.48 Å². The summed E-state index contributed by atoms with van der Waals surface area (Å²) >= 11 is 0. The molecule has 2 rings (SSSR count). The summed E-state index contributed by atoms with van der Waals surface area (Å²) in [6.07, 6.45) is 0. The van der Waals surface area contributed by atoms with E-state index < -0.39 is 11.2 Å². The van der Waals surface area contributed by atoms with Crippen LogP contribution in [0.3, 0.4) is 0 Å². The molecule has 0 aromatic heterocycles. The number of hydrogen-bond donors (Lipinski definition) is 2. The van der Waals surface area contributed by atoms with Crippen molar-refractivity contribution < 1.29 is 14.9 Å². The molecule has 2 aromatic rings. The van der Waals surface area contributed by atoms with Gasteiger partial charge in [-0.05, 0) is 56.1 Å².